The van der Waals surface area contributed by atoms with E-state index < -0.39 is 0 Å². The molecule has 0 radical (unpaired) electrons. The standard InChI is InChI=1S/C30H60O2/c1-4-7-9-10-11-12-13-14-15-16-17-18-19-20-21-22-23-24-25-27-30(31)32-28-29(6-3)26-8-5-2/h29H,4-28H2,1-3H3. The van der Waals surface area contributed by atoms with Crippen molar-refractivity contribution in [2.45, 2.75) is 175 Å². The van der Waals surface area contributed by atoms with Crippen molar-refractivity contribution in [2.75, 3.05) is 6.61 Å². The van der Waals surface area contributed by atoms with Crippen LogP contribution in [-0.2, 0) is 9.53 Å². The van der Waals surface area contributed by atoms with Gasteiger partial charge >= 0.3 is 5.97 Å². The molecule has 2 nitrogen and oxygen atoms in total. The number of rotatable bonds is 26. The molecule has 1 unspecified atom stereocenters. The first kappa shape index (κ1) is 31.5. The van der Waals surface area contributed by atoms with Crippen LogP contribution in [0.5, 0.6) is 0 Å². The third kappa shape index (κ3) is 24.1. The molecule has 192 valence electrons. The lowest BCUT2D eigenvalue weighted by Crippen LogP contribution is -2.13. The largest absolute Gasteiger partial charge is 0.465 e. The van der Waals surface area contributed by atoms with Crippen molar-refractivity contribution in [1.82, 2.24) is 0 Å². The van der Waals surface area contributed by atoms with E-state index in [2.05, 4.69) is 20.8 Å². The fraction of sp³-hybridized carbons (Fsp3) is 0.967. The van der Waals surface area contributed by atoms with Gasteiger partial charge in [-0.25, -0.2) is 0 Å². The minimum Gasteiger partial charge on any atom is -0.465 e. The molecular weight excluding hydrogens is 392 g/mol. The number of hydrogen-bond acceptors (Lipinski definition) is 2. The Balaban J connectivity index is 3.22. The molecule has 0 bridgehead atoms. The molecule has 0 aliphatic carbocycles. The van der Waals surface area contributed by atoms with Crippen molar-refractivity contribution < 1.29 is 9.53 Å². The second kappa shape index (κ2) is 26.7. The van der Waals surface area contributed by atoms with E-state index in [0.717, 1.165) is 12.8 Å². The number of carbonyl (C=O) groups is 1. The zero-order valence-electron chi connectivity index (χ0n) is 22.6. The third-order valence-corrected chi connectivity index (χ3v) is 7.01. The first-order valence-electron chi connectivity index (χ1n) is 14.9. The van der Waals surface area contributed by atoms with Gasteiger partial charge in [0, 0.05) is 6.42 Å². The highest BCUT2D eigenvalue weighted by Gasteiger charge is 2.09. The Hall–Kier alpha value is -0.530. The molecule has 0 aliphatic rings. The first-order valence-corrected chi connectivity index (χ1v) is 14.9. The molecule has 0 aliphatic heterocycles. The lowest BCUT2D eigenvalue weighted by molar-refractivity contribution is -0.145. The van der Waals surface area contributed by atoms with Crippen molar-refractivity contribution in [3.63, 3.8) is 0 Å². The molecule has 0 heterocycles. The van der Waals surface area contributed by atoms with E-state index in [9.17, 15) is 4.79 Å². The summed E-state index contributed by atoms with van der Waals surface area (Å²) < 4.78 is 5.49. The second-order valence-electron chi connectivity index (χ2n) is 10.2. The summed E-state index contributed by atoms with van der Waals surface area (Å²) in [5, 5.41) is 0. The fourth-order valence-electron chi connectivity index (χ4n) is 4.53. The summed E-state index contributed by atoms with van der Waals surface area (Å²) in [6.07, 6.45) is 31.7. The predicted octanol–water partition coefficient (Wildman–Crippen LogP) is 10.6. The molecule has 0 aromatic carbocycles. The van der Waals surface area contributed by atoms with Gasteiger partial charge in [-0.2, -0.15) is 0 Å². The van der Waals surface area contributed by atoms with Crippen molar-refractivity contribution in [1.29, 1.82) is 0 Å². The lowest BCUT2D eigenvalue weighted by Gasteiger charge is -2.14. The number of unbranched alkanes of at least 4 members (excludes halogenated alkanes) is 19. The average Bonchev–Trinajstić information content (AvgIpc) is 2.80. The van der Waals surface area contributed by atoms with Crippen LogP contribution in [0, 0.1) is 5.92 Å². The smallest absolute Gasteiger partial charge is 0.305 e. The van der Waals surface area contributed by atoms with Crippen LogP contribution in [0.25, 0.3) is 0 Å². The molecular formula is C30H60O2. The predicted molar refractivity (Wildman–Crippen MR) is 142 cm³/mol. The van der Waals surface area contributed by atoms with Crippen LogP contribution in [0.4, 0.5) is 0 Å². The molecule has 2 heteroatoms. The van der Waals surface area contributed by atoms with Gasteiger partial charge in [-0.3, -0.25) is 4.79 Å². The van der Waals surface area contributed by atoms with Crippen LogP contribution < -0.4 is 0 Å². The molecule has 0 rings (SSSR count). The van der Waals surface area contributed by atoms with Crippen LogP contribution in [0.1, 0.15) is 175 Å². The maximum Gasteiger partial charge on any atom is 0.305 e. The minimum atomic E-state index is 0.0203. The Morgan fingerprint density at radius 1 is 0.531 bits per heavy atom. The average molecular weight is 453 g/mol. The Morgan fingerprint density at radius 3 is 1.28 bits per heavy atom. The SMILES string of the molecule is CCCCCCCCCCCCCCCCCCCCCC(=O)OCC(CC)CCCC. The van der Waals surface area contributed by atoms with Crippen LogP contribution in [-0.4, -0.2) is 12.6 Å². The van der Waals surface area contributed by atoms with Gasteiger partial charge in [0.1, 0.15) is 0 Å². The van der Waals surface area contributed by atoms with Crippen molar-refractivity contribution in [2.24, 2.45) is 5.92 Å². The van der Waals surface area contributed by atoms with Gasteiger partial charge in [0.25, 0.3) is 0 Å². The highest BCUT2D eigenvalue weighted by Crippen LogP contribution is 2.16. The molecule has 1 atom stereocenters. The Kier molecular flexibility index (Phi) is 26.3. The van der Waals surface area contributed by atoms with Crippen molar-refractivity contribution >= 4 is 5.97 Å². The number of ether oxygens (including phenoxy) is 1. The zero-order chi connectivity index (χ0) is 23.5. The Labute approximate surface area is 203 Å². The summed E-state index contributed by atoms with van der Waals surface area (Å²) in [6, 6.07) is 0. The quantitative estimate of drug-likeness (QED) is 0.0963. The zero-order valence-corrected chi connectivity index (χ0v) is 22.6. The summed E-state index contributed by atoms with van der Waals surface area (Å²) >= 11 is 0. The van der Waals surface area contributed by atoms with Gasteiger partial charge in [0.15, 0.2) is 0 Å². The van der Waals surface area contributed by atoms with Gasteiger partial charge in [0.05, 0.1) is 6.61 Å². The molecule has 0 spiro atoms. The van der Waals surface area contributed by atoms with E-state index in [4.69, 9.17) is 4.74 Å². The lowest BCUT2D eigenvalue weighted by atomic mass is 10.0. The summed E-state index contributed by atoms with van der Waals surface area (Å²) in [5.74, 6) is 0.580. The van der Waals surface area contributed by atoms with Gasteiger partial charge in [-0.05, 0) is 18.8 Å². The molecule has 0 saturated carbocycles. The van der Waals surface area contributed by atoms with Gasteiger partial charge in [0.2, 0.25) is 0 Å². The van der Waals surface area contributed by atoms with E-state index in [1.807, 2.05) is 0 Å². The Bertz CT molecular complexity index is 366. The number of hydrogen-bond donors (Lipinski definition) is 0. The maximum absolute atomic E-state index is 11.9. The van der Waals surface area contributed by atoms with Gasteiger partial charge < -0.3 is 4.74 Å². The molecule has 0 fully saturated rings. The van der Waals surface area contributed by atoms with Gasteiger partial charge in [-0.15, -0.1) is 0 Å². The molecule has 0 saturated heterocycles. The molecule has 0 N–H and O–H groups in total. The Morgan fingerprint density at radius 2 is 0.906 bits per heavy atom. The first-order chi connectivity index (χ1) is 15.7. The normalized spacial score (nSPS) is 12.2. The third-order valence-electron chi connectivity index (χ3n) is 7.01. The minimum absolute atomic E-state index is 0.0203. The van der Waals surface area contributed by atoms with Crippen LogP contribution in [0.2, 0.25) is 0 Å². The topological polar surface area (TPSA) is 26.3 Å². The van der Waals surface area contributed by atoms with Crippen molar-refractivity contribution in [3.05, 3.63) is 0 Å². The summed E-state index contributed by atoms with van der Waals surface area (Å²) in [5.41, 5.74) is 0. The molecule has 32 heavy (non-hydrogen) atoms. The van der Waals surface area contributed by atoms with Crippen molar-refractivity contribution in [3.8, 4) is 0 Å². The molecule has 0 aromatic heterocycles. The summed E-state index contributed by atoms with van der Waals surface area (Å²) in [6.45, 7) is 7.35. The maximum atomic E-state index is 11.9. The fourth-order valence-corrected chi connectivity index (χ4v) is 4.53. The van der Waals surface area contributed by atoms with E-state index in [0.29, 0.717) is 18.9 Å². The van der Waals surface area contributed by atoms with E-state index in [1.54, 1.807) is 0 Å². The number of esters is 1. The molecule has 0 amide bonds. The van der Waals surface area contributed by atoms with Crippen LogP contribution >= 0.6 is 0 Å². The highest BCUT2D eigenvalue weighted by molar-refractivity contribution is 5.69. The monoisotopic (exact) mass is 452 g/mol. The van der Waals surface area contributed by atoms with E-state index >= 15 is 0 Å². The number of carbonyl (C=O) groups excluding carboxylic acids is 1. The second-order valence-corrected chi connectivity index (χ2v) is 10.2. The molecule has 0 aromatic rings. The summed E-state index contributed by atoms with van der Waals surface area (Å²) in [4.78, 5) is 11.9. The summed E-state index contributed by atoms with van der Waals surface area (Å²) in [7, 11) is 0. The van der Waals surface area contributed by atoms with Crippen LogP contribution in [0.3, 0.4) is 0 Å². The highest BCUT2D eigenvalue weighted by atomic mass is 16.5. The van der Waals surface area contributed by atoms with E-state index in [1.165, 1.54) is 135 Å². The van der Waals surface area contributed by atoms with Gasteiger partial charge in [-0.1, -0.05) is 156 Å². The van der Waals surface area contributed by atoms with E-state index in [-0.39, 0.29) is 5.97 Å². The van der Waals surface area contributed by atoms with Crippen LogP contribution in [0.15, 0.2) is 0 Å².